The summed E-state index contributed by atoms with van der Waals surface area (Å²) in [5.74, 6) is 4.64. The largest absolute Gasteiger partial charge is 0.354 e. The predicted molar refractivity (Wildman–Crippen MR) is 64.8 cm³/mol. The summed E-state index contributed by atoms with van der Waals surface area (Å²) in [4.78, 5) is 24.6. The molecule has 4 N–H and O–H groups in total. The van der Waals surface area contributed by atoms with Crippen LogP contribution in [0.2, 0.25) is 0 Å². The zero-order chi connectivity index (χ0) is 12.7. The first-order valence-corrected chi connectivity index (χ1v) is 6.13. The average Bonchev–Trinajstić information content (AvgIpc) is 2.32. The molecule has 0 saturated carbocycles. The van der Waals surface area contributed by atoms with Crippen molar-refractivity contribution in [3.63, 3.8) is 0 Å². The van der Waals surface area contributed by atoms with Gasteiger partial charge in [-0.1, -0.05) is 6.42 Å². The molecule has 1 fully saturated rings. The summed E-state index contributed by atoms with van der Waals surface area (Å²) in [5.41, 5.74) is 2.03. The Bertz CT molecular complexity index is 270. The molecule has 1 heterocycles. The molecule has 6 nitrogen and oxygen atoms in total. The van der Waals surface area contributed by atoms with E-state index in [0.717, 1.165) is 19.4 Å². The van der Waals surface area contributed by atoms with E-state index in [1.807, 2.05) is 5.43 Å². The third-order valence-corrected chi connectivity index (χ3v) is 3.12. The Morgan fingerprint density at radius 1 is 1.35 bits per heavy atom. The maximum Gasteiger partial charge on any atom is 0.235 e. The molecule has 0 aromatic rings. The van der Waals surface area contributed by atoms with Crippen molar-refractivity contribution in [2.75, 3.05) is 19.6 Å². The fraction of sp³-hybridized carbons (Fsp3) is 0.818. The van der Waals surface area contributed by atoms with Crippen molar-refractivity contribution >= 4 is 11.8 Å². The van der Waals surface area contributed by atoms with Gasteiger partial charge in [0.2, 0.25) is 11.8 Å². The monoisotopic (exact) mass is 246 g/mol. The van der Waals surface area contributed by atoms with Gasteiger partial charge >= 0.3 is 0 Å². The number of amides is 2. The lowest BCUT2D eigenvalue weighted by atomic mass is 10.3. The first kappa shape index (κ1) is 13.9. The second kappa shape index (κ2) is 7.24. The normalized spacial score (nSPS) is 20.9. The number of hydrogen-bond acceptors (Lipinski definition) is 4. The van der Waals surface area contributed by atoms with Crippen molar-refractivity contribution in [2.24, 2.45) is 5.84 Å². The van der Waals surface area contributed by atoms with Crippen LogP contribution in [-0.4, -0.2) is 42.4 Å². The molecule has 0 aromatic heterocycles. The van der Waals surface area contributed by atoms with Crippen LogP contribution >= 0.6 is 0 Å². The molecular weight excluding hydrogens is 224 g/mol. The van der Waals surface area contributed by atoms with Crippen LogP contribution in [0.15, 0.2) is 0 Å². The van der Waals surface area contributed by atoms with Gasteiger partial charge in [0.05, 0.1) is 6.54 Å². The number of nitrogens with one attached hydrogen (secondary N) is 2. The molecule has 1 aliphatic heterocycles. The number of likely N-dealkylation sites (tertiary alicyclic amines) is 1. The summed E-state index contributed by atoms with van der Waals surface area (Å²) in [6, 6.07) is 0.474. The summed E-state index contributed by atoms with van der Waals surface area (Å²) < 4.78 is 0. The van der Waals surface area contributed by atoms with Gasteiger partial charge in [-0.2, -0.15) is 0 Å². The SMILES string of the molecule is [13CH3][13C@H]1CCC[13CH2]N1CC(=O)[15NH]CCC(=O)NN. The molecule has 0 bridgehead atoms. The summed E-state index contributed by atoms with van der Waals surface area (Å²) >= 11 is 0. The Kier molecular flexibility index (Phi) is 5.93. The topological polar surface area (TPSA) is 87.5 Å². The van der Waals surface area contributed by atoms with Crippen LogP contribution in [-0.2, 0) is 9.59 Å². The van der Waals surface area contributed by atoms with E-state index in [1.165, 1.54) is 6.42 Å². The van der Waals surface area contributed by atoms with E-state index < -0.39 is 0 Å². The molecule has 1 aliphatic rings. The minimum Gasteiger partial charge on any atom is -0.354 e. The second-order valence-electron chi connectivity index (χ2n) is 4.48. The van der Waals surface area contributed by atoms with E-state index in [1.54, 1.807) is 0 Å². The molecular formula is C11H22N4O2. The fourth-order valence-electron chi connectivity index (χ4n) is 2.02. The second-order valence-corrected chi connectivity index (χ2v) is 4.48. The minimum atomic E-state index is -0.267. The van der Waals surface area contributed by atoms with Gasteiger partial charge in [0.25, 0.3) is 0 Å². The maximum atomic E-state index is 11.6. The first-order valence-electron chi connectivity index (χ1n) is 6.13. The number of hydrazine groups is 1. The molecule has 2 amide bonds. The Labute approximate surface area is 102 Å². The lowest BCUT2D eigenvalue weighted by Crippen LogP contribution is -2.45. The van der Waals surface area contributed by atoms with Crippen molar-refractivity contribution in [3.05, 3.63) is 0 Å². The van der Waals surface area contributed by atoms with E-state index in [-0.39, 0.29) is 18.2 Å². The van der Waals surface area contributed by atoms with E-state index in [4.69, 9.17) is 5.84 Å². The number of carbonyl (C=O) groups excluding carboxylic acids is 2. The van der Waals surface area contributed by atoms with Crippen LogP contribution in [0.25, 0.3) is 0 Å². The minimum absolute atomic E-state index is 0.0245. The number of piperidine rings is 1. The van der Waals surface area contributed by atoms with Gasteiger partial charge in [-0.15, -0.1) is 0 Å². The zero-order valence-corrected chi connectivity index (χ0v) is 10.4. The van der Waals surface area contributed by atoms with Crippen LogP contribution in [0.3, 0.4) is 0 Å². The van der Waals surface area contributed by atoms with E-state index >= 15 is 0 Å². The molecule has 1 atom stereocenters. The first-order chi connectivity index (χ1) is 8.13. The van der Waals surface area contributed by atoms with E-state index in [0.29, 0.717) is 19.1 Å². The average molecular weight is 246 g/mol. The molecule has 6 heteroatoms. The highest BCUT2D eigenvalue weighted by Gasteiger charge is 2.20. The third-order valence-electron chi connectivity index (χ3n) is 3.12. The molecule has 0 radical (unpaired) electrons. The highest BCUT2D eigenvalue weighted by molar-refractivity contribution is 5.79. The summed E-state index contributed by atoms with van der Waals surface area (Å²) in [7, 11) is 0. The van der Waals surface area contributed by atoms with Crippen molar-refractivity contribution < 1.29 is 9.59 Å². The lowest BCUT2D eigenvalue weighted by Gasteiger charge is -2.32. The lowest BCUT2D eigenvalue weighted by molar-refractivity contribution is -0.123. The Hall–Kier alpha value is -1.14. The molecule has 1 saturated heterocycles. The van der Waals surface area contributed by atoms with Gasteiger partial charge in [0.1, 0.15) is 0 Å². The van der Waals surface area contributed by atoms with Crippen molar-refractivity contribution in [2.45, 2.75) is 38.6 Å². The highest BCUT2D eigenvalue weighted by atomic mass is 16.2. The van der Waals surface area contributed by atoms with Gasteiger partial charge in [0.15, 0.2) is 0 Å². The number of carbonyl (C=O) groups is 2. The zero-order valence-electron chi connectivity index (χ0n) is 10.4. The number of rotatable bonds is 5. The molecule has 0 aliphatic carbocycles. The van der Waals surface area contributed by atoms with Crippen LogP contribution in [0.4, 0.5) is 0 Å². The number of nitrogens with two attached hydrogens (primary N) is 1. The molecule has 0 spiro atoms. The summed E-state index contributed by atoms with van der Waals surface area (Å²) in [6.07, 6.45) is 3.78. The summed E-state index contributed by atoms with van der Waals surface area (Å²) in [5, 5.41) is 2.72. The molecule has 0 aromatic carbocycles. The quantitative estimate of drug-likeness (QED) is 0.198. The molecule has 0 unspecified atom stereocenters. The smallest absolute Gasteiger partial charge is 0.235 e. The van der Waals surface area contributed by atoms with Crippen molar-refractivity contribution in [1.29, 1.82) is 0 Å². The van der Waals surface area contributed by atoms with E-state index in [9.17, 15) is 9.59 Å². The Morgan fingerprint density at radius 3 is 2.76 bits per heavy atom. The van der Waals surface area contributed by atoms with Gasteiger partial charge in [-0.05, 0) is 26.3 Å². The van der Waals surface area contributed by atoms with E-state index in [2.05, 4.69) is 17.1 Å². The van der Waals surface area contributed by atoms with Gasteiger partial charge in [-0.3, -0.25) is 19.9 Å². The van der Waals surface area contributed by atoms with Gasteiger partial charge < -0.3 is 5.32 Å². The number of hydrogen-bond donors (Lipinski definition) is 3. The van der Waals surface area contributed by atoms with Crippen LogP contribution in [0, 0.1) is 0 Å². The standard InChI is InChI=1S/C11H22N4O2/c1-9-4-2-3-7-15(9)8-11(17)13-6-5-10(16)14-12/h9H,2-8,12H2,1H3,(H,13,17)(H,14,16)/t9-/m0/s1/i1+1,7+1,9+1,13+1. The van der Waals surface area contributed by atoms with Gasteiger partial charge in [-0.25, -0.2) is 5.84 Å². The molecule has 1 rings (SSSR count). The fourth-order valence-corrected chi connectivity index (χ4v) is 2.02. The molecule has 17 heavy (non-hydrogen) atoms. The van der Waals surface area contributed by atoms with Gasteiger partial charge in [0, 0.05) is 19.0 Å². The molecule has 98 valence electrons. The van der Waals surface area contributed by atoms with Crippen molar-refractivity contribution in [3.8, 4) is 0 Å². The van der Waals surface area contributed by atoms with Crippen LogP contribution < -0.4 is 16.6 Å². The van der Waals surface area contributed by atoms with Crippen LogP contribution in [0.5, 0.6) is 0 Å². The Morgan fingerprint density at radius 2 is 2.12 bits per heavy atom. The Balaban J connectivity index is 2.17. The summed E-state index contributed by atoms with van der Waals surface area (Å²) in [6.45, 7) is 3.89. The predicted octanol–water partition coefficient (Wildman–Crippen LogP) is -0.643. The van der Waals surface area contributed by atoms with Crippen LogP contribution in [0.1, 0.15) is 32.6 Å². The third kappa shape index (κ3) is 5.14. The van der Waals surface area contributed by atoms with Crippen molar-refractivity contribution in [1.82, 2.24) is 15.6 Å². The maximum absolute atomic E-state index is 11.6. The highest BCUT2D eigenvalue weighted by Crippen LogP contribution is 2.15. The number of nitrogens with zero attached hydrogens (tertiary/aromatic N) is 1.